The number of carboxylic acid groups (broad SMARTS) is 1. The van der Waals surface area contributed by atoms with Gasteiger partial charge in [-0.2, -0.15) is 0 Å². The number of carboxylic acids is 1. The van der Waals surface area contributed by atoms with Crippen molar-refractivity contribution in [1.82, 2.24) is 0 Å². The van der Waals surface area contributed by atoms with Crippen molar-refractivity contribution in [2.75, 3.05) is 0 Å². The van der Waals surface area contributed by atoms with Gasteiger partial charge in [-0.3, -0.25) is 0 Å². The van der Waals surface area contributed by atoms with Crippen LogP contribution in [0, 0.1) is 0 Å². The summed E-state index contributed by atoms with van der Waals surface area (Å²) in [6.45, 7) is 0. The standard InChI is InChI=1S/C15H10O2/c16-15(17)14-9-3-8-12-11-6-1-4-10(11)5-2-7-13(12)14/h1-9H,(H,16,17). The van der Waals surface area contributed by atoms with Gasteiger partial charge in [-0.15, -0.1) is 0 Å². The Hall–Kier alpha value is -2.35. The predicted molar refractivity (Wildman–Crippen MR) is 67.5 cm³/mol. The van der Waals surface area contributed by atoms with E-state index in [1.165, 1.54) is 0 Å². The van der Waals surface area contributed by atoms with E-state index >= 15 is 0 Å². The molecule has 0 aromatic heterocycles. The van der Waals surface area contributed by atoms with Gasteiger partial charge >= 0.3 is 5.97 Å². The van der Waals surface area contributed by atoms with Crippen molar-refractivity contribution in [1.29, 1.82) is 0 Å². The minimum absolute atomic E-state index is 0.348. The molecule has 0 amide bonds. The fourth-order valence-electron chi connectivity index (χ4n) is 2.24. The SMILES string of the molecule is O=C(O)c1cccc2c3cccc-3cccc12. The minimum atomic E-state index is -0.887. The highest BCUT2D eigenvalue weighted by Gasteiger charge is 2.10. The largest absolute Gasteiger partial charge is 0.478 e. The molecule has 0 saturated heterocycles. The number of rotatable bonds is 1. The van der Waals surface area contributed by atoms with Crippen LogP contribution in [0.1, 0.15) is 10.4 Å². The predicted octanol–water partition coefficient (Wildman–Crippen LogP) is 3.64. The Morgan fingerprint density at radius 3 is 2.24 bits per heavy atom. The molecule has 0 radical (unpaired) electrons. The Balaban J connectivity index is 2.51. The van der Waals surface area contributed by atoms with Crippen LogP contribution in [0.15, 0.2) is 54.6 Å². The van der Waals surface area contributed by atoms with Crippen molar-refractivity contribution in [3.05, 3.63) is 60.2 Å². The Labute approximate surface area is 98.5 Å². The molecule has 82 valence electrons. The van der Waals surface area contributed by atoms with Gasteiger partial charge in [0.25, 0.3) is 0 Å². The molecule has 1 aromatic rings. The number of fused-ring (bicyclic) bond motifs is 3. The van der Waals surface area contributed by atoms with Crippen molar-refractivity contribution in [3.8, 4) is 11.1 Å². The quantitative estimate of drug-likeness (QED) is 0.682. The molecular weight excluding hydrogens is 212 g/mol. The lowest BCUT2D eigenvalue weighted by molar-refractivity contribution is 0.0699. The lowest BCUT2D eigenvalue weighted by Gasteiger charge is -2.01. The summed E-state index contributed by atoms with van der Waals surface area (Å²) in [7, 11) is 0. The molecule has 3 rings (SSSR count). The van der Waals surface area contributed by atoms with Crippen LogP contribution in [-0.4, -0.2) is 11.1 Å². The molecule has 0 bridgehead atoms. The van der Waals surface area contributed by atoms with Gasteiger partial charge in [0.05, 0.1) is 5.56 Å². The molecule has 2 heteroatoms. The first-order chi connectivity index (χ1) is 8.27. The summed E-state index contributed by atoms with van der Waals surface area (Å²) in [5, 5.41) is 10.9. The zero-order valence-electron chi connectivity index (χ0n) is 9.05. The zero-order chi connectivity index (χ0) is 11.8. The van der Waals surface area contributed by atoms with Gasteiger partial charge in [-0.25, -0.2) is 4.79 Å². The molecule has 1 aromatic carbocycles. The lowest BCUT2D eigenvalue weighted by Crippen LogP contribution is -1.96. The molecule has 1 N–H and O–H groups in total. The fourth-order valence-corrected chi connectivity index (χ4v) is 2.24. The summed E-state index contributed by atoms with van der Waals surface area (Å²) < 4.78 is 0. The number of aromatic carboxylic acids is 1. The molecule has 0 fully saturated rings. The highest BCUT2D eigenvalue weighted by molar-refractivity contribution is 6.08. The minimum Gasteiger partial charge on any atom is -0.478 e. The number of hydrogen-bond acceptors (Lipinski definition) is 1. The maximum Gasteiger partial charge on any atom is 0.336 e. The zero-order valence-corrected chi connectivity index (χ0v) is 9.05. The molecule has 2 nitrogen and oxygen atoms in total. The van der Waals surface area contributed by atoms with Crippen LogP contribution >= 0.6 is 0 Å². The topological polar surface area (TPSA) is 37.3 Å². The van der Waals surface area contributed by atoms with E-state index in [1.807, 2.05) is 42.5 Å². The van der Waals surface area contributed by atoms with Crippen LogP contribution in [0.2, 0.25) is 0 Å². The van der Waals surface area contributed by atoms with Crippen LogP contribution < -0.4 is 0 Å². The van der Waals surface area contributed by atoms with E-state index in [9.17, 15) is 9.90 Å². The monoisotopic (exact) mass is 222 g/mol. The maximum atomic E-state index is 11.2. The van der Waals surface area contributed by atoms with Crippen LogP contribution in [0.3, 0.4) is 0 Å². The van der Waals surface area contributed by atoms with E-state index in [4.69, 9.17) is 0 Å². The average Bonchev–Trinajstić information content (AvgIpc) is 2.70. The van der Waals surface area contributed by atoms with Crippen LogP contribution in [0.5, 0.6) is 0 Å². The van der Waals surface area contributed by atoms with Crippen molar-refractivity contribution in [3.63, 3.8) is 0 Å². The molecule has 0 spiro atoms. The van der Waals surface area contributed by atoms with Gasteiger partial charge in [0.2, 0.25) is 0 Å². The smallest absolute Gasteiger partial charge is 0.336 e. The summed E-state index contributed by atoms with van der Waals surface area (Å²) in [6, 6.07) is 17.2. The molecule has 0 heterocycles. The second-order valence-electron chi connectivity index (χ2n) is 3.99. The summed E-state index contributed by atoms with van der Waals surface area (Å²) in [4.78, 5) is 11.2. The summed E-state index contributed by atoms with van der Waals surface area (Å²) >= 11 is 0. The summed E-state index contributed by atoms with van der Waals surface area (Å²) in [5.74, 6) is -0.887. The summed E-state index contributed by atoms with van der Waals surface area (Å²) in [6.07, 6.45) is 0. The second-order valence-corrected chi connectivity index (χ2v) is 3.99. The van der Waals surface area contributed by atoms with Gasteiger partial charge in [0.15, 0.2) is 0 Å². The Morgan fingerprint density at radius 1 is 0.824 bits per heavy atom. The average molecular weight is 222 g/mol. The lowest BCUT2D eigenvalue weighted by atomic mass is 10.0. The highest BCUT2D eigenvalue weighted by atomic mass is 16.4. The Bertz CT molecular complexity index is 686. The van der Waals surface area contributed by atoms with Crippen molar-refractivity contribution in [2.24, 2.45) is 0 Å². The van der Waals surface area contributed by atoms with Gasteiger partial charge in [-0.1, -0.05) is 48.5 Å². The molecule has 2 aliphatic carbocycles. The second kappa shape index (κ2) is 3.59. The normalized spacial score (nSPS) is 10.8. The van der Waals surface area contributed by atoms with E-state index in [0.717, 1.165) is 21.9 Å². The molecule has 0 atom stereocenters. The van der Waals surface area contributed by atoms with Crippen LogP contribution in [0.4, 0.5) is 0 Å². The van der Waals surface area contributed by atoms with E-state index in [2.05, 4.69) is 0 Å². The first-order valence-corrected chi connectivity index (χ1v) is 5.41. The molecule has 0 aliphatic heterocycles. The van der Waals surface area contributed by atoms with E-state index < -0.39 is 5.97 Å². The van der Waals surface area contributed by atoms with Crippen molar-refractivity contribution < 1.29 is 9.90 Å². The van der Waals surface area contributed by atoms with Crippen molar-refractivity contribution in [2.45, 2.75) is 0 Å². The van der Waals surface area contributed by atoms with E-state index in [-0.39, 0.29) is 0 Å². The van der Waals surface area contributed by atoms with Gasteiger partial charge in [0.1, 0.15) is 0 Å². The van der Waals surface area contributed by atoms with E-state index in [1.54, 1.807) is 12.1 Å². The molecule has 17 heavy (non-hydrogen) atoms. The van der Waals surface area contributed by atoms with Crippen LogP contribution in [-0.2, 0) is 0 Å². The van der Waals surface area contributed by atoms with Crippen molar-refractivity contribution >= 4 is 16.7 Å². The van der Waals surface area contributed by atoms with Gasteiger partial charge < -0.3 is 5.11 Å². The first-order valence-electron chi connectivity index (χ1n) is 5.41. The number of hydrogen-bond donors (Lipinski definition) is 1. The third-order valence-corrected chi connectivity index (χ3v) is 3.02. The van der Waals surface area contributed by atoms with Crippen LogP contribution in [0.25, 0.3) is 21.9 Å². The molecule has 0 saturated carbocycles. The molecule has 0 unspecified atom stereocenters. The Kier molecular flexibility index (Phi) is 2.08. The summed E-state index contributed by atoms with van der Waals surface area (Å²) in [5.41, 5.74) is 2.57. The third-order valence-electron chi connectivity index (χ3n) is 3.02. The number of benzene rings is 1. The molecule has 2 aliphatic rings. The number of carbonyl (C=O) groups is 1. The Morgan fingerprint density at radius 2 is 1.47 bits per heavy atom. The highest BCUT2D eigenvalue weighted by Crippen LogP contribution is 2.31. The molecular formula is C15H10O2. The third kappa shape index (κ3) is 1.46. The fraction of sp³-hybridized carbons (Fsp3) is 0. The van der Waals surface area contributed by atoms with Gasteiger partial charge in [0, 0.05) is 0 Å². The van der Waals surface area contributed by atoms with E-state index in [0.29, 0.717) is 5.56 Å². The first kappa shape index (κ1) is 9.85. The van der Waals surface area contributed by atoms with Gasteiger partial charge in [-0.05, 0) is 28.0 Å². The maximum absolute atomic E-state index is 11.2.